The van der Waals surface area contributed by atoms with Crippen LogP contribution in [0.1, 0.15) is 11.4 Å². The monoisotopic (exact) mass is 292 g/mol. The number of imidazole rings is 2. The molecular weight excluding hydrogens is 276 g/mol. The maximum Gasteiger partial charge on any atom is 0.326 e. The van der Waals surface area contributed by atoms with E-state index in [2.05, 4.69) is 30.6 Å². The number of carbonyl (C=O) groups is 2. The molecule has 9 heteroatoms. The lowest BCUT2D eigenvalue weighted by Crippen LogP contribution is -2.47. The van der Waals surface area contributed by atoms with Crippen LogP contribution in [0.5, 0.6) is 0 Å². The van der Waals surface area contributed by atoms with Gasteiger partial charge in [-0.3, -0.25) is 0 Å². The normalized spacial score (nSPS) is 11.8. The van der Waals surface area contributed by atoms with Crippen LogP contribution in [-0.4, -0.2) is 49.6 Å². The topological polar surface area (TPSA) is 136 Å². The van der Waals surface area contributed by atoms with Crippen molar-refractivity contribution in [3.8, 4) is 0 Å². The van der Waals surface area contributed by atoms with Crippen molar-refractivity contribution in [3.63, 3.8) is 0 Å². The van der Waals surface area contributed by atoms with E-state index in [1.165, 1.54) is 12.5 Å². The van der Waals surface area contributed by atoms with Gasteiger partial charge < -0.3 is 25.7 Å². The maximum absolute atomic E-state index is 11.7. The number of H-pyrrole nitrogens is 2. The number of aromatic nitrogens is 4. The van der Waals surface area contributed by atoms with Gasteiger partial charge in [0.25, 0.3) is 0 Å². The van der Waals surface area contributed by atoms with E-state index in [1.807, 2.05) is 0 Å². The molecule has 1 atom stereocenters. The molecule has 0 aliphatic rings. The second kappa shape index (κ2) is 7.08. The minimum atomic E-state index is -1.10. The number of aromatic amines is 2. The molecule has 9 nitrogen and oxygen atoms in total. The van der Waals surface area contributed by atoms with Crippen molar-refractivity contribution >= 4 is 12.0 Å². The Balaban J connectivity index is 1.76. The van der Waals surface area contributed by atoms with Gasteiger partial charge in [-0.2, -0.15) is 0 Å². The summed E-state index contributed by atoms with van der Waals surface area (Å²) in [7, 11) is 0. The van der Waals surface area contributed by atoms with Gasteiger partial charge in [-0.15, -0.1) is 0 Å². The Morgan fingerprint density at radius 1 is 1.19 bits per heavy atom. The maximum atomic E-state index is 11.7. The zero-order chi connectivity index (χ0) is 15.1. The van der Waals surface area contributed by atoms with Gasteiger partial charge in [-0.1, -0.05) is 0 Å². The highest BCUT2D eigenvalue weighted by atomic mass is 16.4. The average molecular weight is 292 g/mol. The third-order valence-electron chi connectivity index (χ3n) is 2.82. The van der Waals surface area contributed by atoms with Crippen molar-refractivity contribution in [1.82, 2.24) is 30.6 Å². The molecule has 112 valence electrons. The molecule has 0 spiro atoms. The Bertz CT molecular complexity index is 566. The molecule has 2 heterocycles. The van der Waals surface area contributed by atoms with Gasteiger partial charge in [0.2, 0.25) is 0 Å². The lowest BCUT2D eigenvalue weighted by Gasteiger charge is -2.14. The summed E-state index contributed by atoms with van der Waals surface area (Å²) in [6.07, 6.45) is 6.93. The Labute approximate surface area is 120 Å². The molecule has 0 aliphatic carbocycles. The lowest BCUT2D eigenvalue weighted by molar-refractivity contribution is -0.139. The molecule has 0 saturated heterocycles. The lowest BCUT2D eigenvalue weighted by atomic mass is 10.2. The molecular formula is C12H16N6O3. The van der Waals surface area contributed by atoms with Crippen LogP contribution in [0.25, 0.3) is 0 Å². The van der Waals surface area contributed by atoms with E-state index in [1.54, 1.807) is 12.5 Å². The molecule has 21 heavy (non-hydrogen) atoms. The van der Waals surface area contributed by atoms with Crippen molar-refractivity contribution < 1.29 is 14.7 Å². The molecule has 0 fully saturated rings. The highest BCUT2D eigenvalue weighted by Crippen LogP contribution is 1.99. The zero-order valence-electron chi connectivity index (χ0n) is 11.2. The van der Waals surface area contributed by atoms with Gasteiger partial charge in [0.05, 0.1) is 12.7 Å². The second-order valence-electron chi connectivity index (χ2n) is 4.40. The smallest absolute Gasteiger partial charge is 0.326 e. The van der Waals surface area contributed by atoms with Crippen LogP contribution in [0.4, 0.5) is 4.79 Å². The summed E-state index contributed by atoms with van der Waals surface area (Å²) in [4.78, 5) is 36.2. The second-order valence-corrected chi connectivity index (χ2v) is 4.40. The SMILES string of the molecule is O=C(NCCc1cnc[nH]1)NC(Cc1cnc[nH]1)C(=O)O. The van der Waals surface area contributed by atoms with E-state index < -0.39 is 18.0 Å². The van der Waals surface area contributed by atoms with E-state index in [0.717, 1.165) is 5.69 Å². The van der Waals surface area contributed by atoms with Crippen LogP contribution in [-0.2, 0) is 17.6 Å². The summed E-state index contributed by atoms with van der Waals surface area (Å²) in [6, 6.07) is -1.54. The first-order valence-electron chi connectivity index (χ1n) is 6.37. The molecule has 5 N–H and O–H groups in total. The highest BCUT2D eigenvalue weighted by molar-refractivity contribution is 5.82. The predicted molar refractivity (Wildman–Crippen MR) is 72.5 cm³/mol. The first-order chi connectivity index (χ1) is 10.1. The van der Waals surface area contributed by atoms with Crippen LogP contribution in [0.3, 0.4) is 0 Å². The molecule has 0 aromatic carbocycles. The van der Waals surface area contributed by atoms with Gasteiger partial charge in [-0.05, 0) is 0 Å². The number of aliphatic carboxylic acids is 1. The van der Waals surface area contributed by atoms with Crippen molar-refractivity contribution in [2.75, 3.05) is 6.54 Å². The molecule has 1 unspecified atom stereocenters. The van der Waals surface area contributed by atoms with Crippen LogP contribution < -0.4 is 10.6 Å². The predicted octanol–water partition coefficient (Wildman–Crippen LogP) is -0.330. The molecule has 2 aromatic rings. The third kappa shape index (κ3) is 4.64. The minimum absolute atomic E-state index is 0.142. The Morgan fingerprint density at radius 2 is 1.86 bits per heavy atom. The average Bonchev–Trinajstić information content (AvgIpc) is 3.10. The number of urea groups is 1. The minimum Gasteiger partial charge on any atom is -0.480 e. The number of nitrogens with zero attached hydrogens (tertiary/aromatic N) is 2. The molecule has 2 rings (SSSR count). The fourth-order valence-corrected chi connectivity index (χ4v) is 1.76. The van der Waals surface area contributed by atoms with Crippen LogP contribution in [0.15, 0.2) is 25.0 Å². The third-order valence-corrected chi connectivity index (χ3v) is 2.82. The summed E-state index contributed by atoms with van der Waals surface area (Å²) >= 11 is 0. The number of amides is 2. The molecule has 2 amide bonds. The summed E-state index contributed by atoms with van der Waals surface area (Å²) in [5.74, 6) is -1.10. The fraction of sp³-hybridized carbons (Fsp3) is 0.333. The van der Waals surface area contributed by atoms with E-state index in [9.17, 15) is 9.59 Å². The molecule has 0 aliphatic heterocycles. The largest absolute Gasteiger partial charge is 0.480 e. The number of carboxylic acid groups (broad SMARTS) is 1. The highest BCUT2D eigenvalue weighted by Gasteiger charge is 2.20. The molecule has 0 radical (unpaired) electrons. The van der Waals surface area contributed by atoms with Crippen LogP contribution in [0.2, 0.25) is 0 Å². The first-order valence-corrected chi connectivity index (χ1v) is 6.37. The Kier molecular flexibility index (Phi) is 4.91. The zero-order valence-corrected chi connectivity index (χ0v) is 11.2. The standard InChI is InChI=1S/C12H16N6O3/c19-11(20)10(3-9-5-14-7-17-9)18-12(21)15-2-1-8-4-13-6-16-8/h4-7,10H,1-3H2,(H,13,16)(H,14,17)(H,19,20)(H2,15,18,21). The molecule has 0 saturated carbocycles. The van der Waals surface area contributed by atoms with Crippen molar-refractivity contribution in [2.24, 2.45) is 0 Å². The number of carbonyl (C=O) groups excluding carboxylic acids is 1. The number of hydrogen-bond donors (Lipinski definition) is 5. The summed E-state index contributed by atoms with van der Waals surface area (Å²) in [5.41, 5.74) is 1.53. The number of nitrogens with one attached hydrogen (secondary N) is 4. The van der Waals surface area contributed by atoms with Crippen LogP contribution >= 0.6 is 0 Å². The van der Waals surface area contributed by atoms with Crippen molar-refractivity contribution in [1.29, 1.82) is 0 Å². The number of carboxylic acids is 1. The van der Waals surface area contributed by atoms with E-state index in [0.29, 0.717) is 18.7 Å². The van der Waals surface area contributed by atoms with E-state index in [4.69, 9.17) is 5.11 Å². The summed E-state index contributed by atoms with van der Waals surface area (Å²) in [6.45, 7) is 0.379. The fourth-order valence-electron chi connectivity index (χ4n) is 1.76. The van der Waals surface area contributed by atoms with Gasteiger partial charge in [0, 0.05) is 43.2 Å². The number of rotatable bonds is 7. The van der Waals surface area contributed by atoms with E-state index >= 15 is 0 Å². The molecule has 2 aromatic heterocycles. The first kappa shape index (κ1) is 14.6. The van der Waals surface area contributed by atoms with Crippen molar-refractivity contribution in [3.05, 3.63) is 36.4 Å². The van der Waals surface area contributed by atoms with Gasteiger partial charge in [0.15, 0.2) is 0 Å². The summed E-state index contributed by atoms with van der Waals surface area (Å²) in [5, 5.41) is 14.1. The van der Waals surface area contributed by atoms with Gasteiger partial charge >= 0.3 is 12.0 Å². The molecule has 0 bridgehead atoms. The van der Waals surface area contributed by atoms with Gasteiger partial charge in [0.1, 0.15) is 6.04 Å². The Morgan fingerprint density at radius 3 is 2.43 bits per heavy atom. The van der Waals surface area contributed by atoms with Gasteiger partial charge in [-0.25, -0.2) is 19.6 Å². The summed E-state index contributed by atoms with van der Waals surface area (Å²) < 4.78 is 0. The quantitative estimate of drug-likeness (QED) is 0.476. The van der Waals surface area contributed by atoms with Crippen molar-refractivity contribution in [2.45, 2.75) is 18.9 Å². The van der Waals surface area contributed by atoms with Crippen LogP contribution in [0, 0.1) is 0 Å². The number of hydrogen-bond acceptors (Lipinski definition) is 4. The van der Waals surface area contributed by atoms with E-state index in [-0.39, 0.29) is 6.42 Å². The Hall–Kier alpha value is -2.84.